The molecule has 1 aromatic carbocycles. The second kappa shape index (κ2) is 2.99. The SMILES string of the molecule is c1ccc2c(c1)NCC21CCCNC1. The lowest BCUT2D eigenvalue weighted by Gasteiger charge is -2.33. The van der Waals surface area contributed by atoms with E-state index >= 15 is 0 Å². The first-order valence-electron chi connectivity index (χ1n) is 5.45. The van der Waals surface area contributed by atoms with E-state index < -0.39 is 0 Å². The molecule has 2 aliphatic heterocycles. The highest BCUT2D eigenvalue weighted by Crippen LogP contribution is 2.40. The molecule has 14 heavy (non-hydrogen) atoms. The first-order chi connectivity index (χ1) is 6.91. The number of para-hydroxylation sites is 1. The van der Waals surface area contributed by atoms with E-state index in [0.717, 1.165) is 13.1 Å². The highest BCUT2D eigenvalue weighted by Gasteiger charge is 2.39. The molecule has 0 bridgehead atoms. The number of hydrogen-bond donors (Lipinski definition) is 2. The van der Waals surface area contributed by atoms with Gasteiger partial charge in [-0.3, -0.25) is 0 Å². The molecule has 2 aliphatic rings. The van der Waals surface area contributed by atoms with E-state index in [0.29, 0.717) is 5.41 Å². The van der Waals surface area contributed by atoms with Gasteiger partial charge in [0.1, 0.15) is 0 Å². The van der Waals surface area contributed by atoms with Crippen LogP contribution in [0.25, 0.3) is 0 Å². The summed E-state index contributed by atoms with van der Waals surface area (Å²) >= 11 is 0. The molecule has 0 saturated carbocycles. The first-order valence-corrected chi connectivity index (χ1v) is 5.45. The smallest absolute Gasteiger partial charge is 0.0379 e. The maximum absolute atomic E-state index is 3.52. The van der Waals surface area contributed by atoms with Crippen molar-refractivity contribution in [2.24, 2.45) is 0 Å². The highest BCUT2D eigenvalue weighted by atomic mass is 15.0. The summed E-state index contributed by atoms with van der Waals surface area (Å²) in [5.41, 5.74) is 3.25. The van der Waals surface area contributed by atoms with Gasteiger partial charge in [-0.05, 0) is 31.0 Å². The molecule has 2 heteroatoms. The molecule has 1 spiro atoms. The maximum Gasteiger partial charge on any atom is 0.0379 e. The van der Waals surface area contributed by atoms with Gasteiger partial charge >= 0.3 is 0 Å². The minimum atomic E-state index is 0.384. The lowest BCUT2D eigenvalue weighted by molar-refractivity contribution is 0.339. The summed E-state index contributed by atoms with van der Waals surface area (Å²) < 4.78 is 0. The van der Waals surface area contributed by atoms with Crippen molar-refractivity contribution in [2.75, 3.05) is 25.0 Å². The molecular weight excluding hydrogens is 172 g/mol. The van der Waals surface area contributed by atoms with Crippen molar-refractivity contribution in [1.29, 1.82) is 0 Å². The second-order valence-corrected chi connectivity index (χ2v) is 4.46. The summed E-state index contributed by atoms with van der Waals surface area (Å²) in [7, 11) is 0. The van der Waals surface area contributed by atoms with Crippen molar-refractivity contribution >= 4 is 5.69 Å². The monoisotopic (exact) mass is 188 g/mol. The fourth-order valence-electron chi connectivity index (χ4n) is 2.81. The number of benzene rings is 1. The summed E-state index contributed by atoms with van der Waals surface area (Å²) in [5.74, 6) is 0. The van der Waals surface area contributed by atoms with Gasteiger partial charge in [0, 0.05) is 24.2 Å². The van der Waals surface area contributed by atoms with Crippen molar-refractivity contribution < 1.29 is 0 Å². The Morgan fingerprint density at radius 1 is 1.14 bits per heavy atom. The Bertz CT molecular complexity index is 334. The number of piperidine rings is 1. The van der Waals surface area contributed by atoms with Gasteiger partial charge in [-0.1, -0.05) is 18.2 Å². The average molecular weight is 188 g/mol. The zero-order chi connectivity index (χ0) is 9.43. The summed E-state index contributed by atoms with van der Waals surface area (Å²) in [5, 5.41) is 7.04. The van der Waals surface area contributed by atoms with Crippen molar-refractivity contribution in [1.82, 2.24) is 5.32 Å². The minimum Gasteiger partial charge on any atom is -0.384 e. The van der Waals surface area contributed by atoms with Crippen LogP contribution in [0.1, 0.15) is 18.4 Å². The standard InChI is InChI=1S/C12H16N2/c1-2-5-11-10(4-1)12(9-14-11)6-3-7-13-8-12/h1-2,4-5,13-14H,3,6-9H2. The average Bonchev–Trinajstić information content (AvgIpc) is 2.60. The number of hydrogen-bond acceptors (Lipinski definition) is 2. The first kappa shape index (κ1) is 8.30. The maximum atomic E-state index is 3.52. The Morgan fingerprint density at radius 2 is 2.07 bits per heavy atom. The summed E-state index contributed by atoms with van der Waals surface area (Å²) in [6, 6.07) is 8.74. The number of nitrogens with one attached hydrogen (secondary N) is 2. The predicted molar refractivity (Wildman–Crippen MR) is 58.7 cm³/mol. The van der Waals surface area contributed by atoms with Crippen LogP contribution in [0.4, 0.5) is 5.69 Å². The topological polar surface area (TPSA) is 24.1 Å². The van der Waals surface area contributed by atoms with Crippen LogP contribution in [0, 0.1) is 0 Å². The van der Waals surface area contributed by atoms with Gasteiger partial charge in [0.2, 0.25) is 0 Å². The van der Waals surface area contributed by atoms with Crippen LogP contribution < -0.4 is 10.6 Å². The third-order valence-electron chi connectivity index (χ3n) is 3.59. The van der Waals surface area contributed by atoms with E-state index in [1.54, 1.807) is 0 Å². The number of rotatable bonds is 0. The lowest BCUT2D eigenvalue weighted by atomic mass is 9.76. The van der Waals surface area contributed by atoms with E-state index in [9.17, 15) is 0 Å². The molecule has 2 heterocycles. The van der Waals surface area contributed by atoms with Gasteiger partial charge in [0.15, 0.2) is 0 Å². The van der Waals surface area contributed by atoms with Crippen molar-refractivity contribution in [2.45, 2.75) is 18.3 Å². The van der Waals surface area contributed by atoms with E-state index in [1.807, 2.05) is 0 Å². The Hall–Kier alpha value is -1.02. The molecular formula is C12H16N2. The summed E-state index contributed by atoms with van der Waals surface area (Å²) in [4.78, 5) is 0. The van der Waals surface area contributed by atoms with Gasteiger partial charge in [-0.15, -0.1) is 0 Å². The number of anilines is 1. The summed E-state index contributed by atoms with van der Waals surface area (Å²) in [6.45, 7) is 3.43. The van der Waals surface area contributed by atoms with E-state index in [2.05, 4.69) is 34.9 Å². The molecule has 1 atom stereocenters. The fourth-order valence-corrected chi connectivity index (χ4v) is 2.81. The van der Waals surface area contributed by atoms with Gasteiger partial charge in [0.05, 0.1) is 0 Å². The van der Waals surface area contributed by atoms with Crippen LogP contribution in [0.2, 0.25) is 0 Å². The van der Waals surface area contributed by atoms with Gasteiger partial charge in [-0.2, -0.15) is 0 Å². The fraction of sp³-hybridized carbons (Fsp3) is 0.500. The summed E-state index contributed by atoms with van der Waals surface area (Å²) in [6.07, 6.45) is 2.63. The van der Waals surface area contributed by atoms with Crippen LogP contribution in [-0.4, -0.2) is 19.6 Å². The van der Waals surface area contributed by atoms with Crippen LogP contribution in [-0.2, 0) is 5.41 Å². The third-order valence-corrected chi connectivity index (χ3v) is 3.59. The molecule has 3 rings (SSSR count). The largest absolute Gasteiger partial charge is 0.384 e. The van der Waals surface area contributed by atoms with Gasteiger partial charge in [-0.25, -0.2) is 0 Å². The van der Waals surface area contributed by atoms with Crippen LogP contribution >= 0.6 is 0 Å². The van der Waals surface area contributed by atoms with Gasteiger partial charge in [0.25, 0.3) is 0 Å². The normalized spacial score (nSPS) is 30.0. The predicted octanol–water partition coefficient (Wildman–Crippen LogP) is 1.73. The molecule has 0 radical (unpaired) electrons. The number of fused-ring (bicyclic) bond motifs is 2. The van der Waals surface area contributed by atoms with E-state index in [1.165, 1.54) is 30.6 Å². The van der Waals surface area contributed by atoms with E-state index in [-0.39, 0.29) is 0 Å². The molecule has 1 aromatic rings. The molecule has 0 amide bonds. The Morgan fingerprint density at radius 3 is 2.93 bits per heavy atom. The van der Waals surface area contributed by atoms with Gasteiger partial charge < -0.3 is 10.6 Å². The van der Waals surface area contributed by atoms with Crippen molar-refractivity contribution in [3.8, 4) is 0 Å². The molecule has 0 aromatic heterocycles. The zero-order valence-electron chi connectivity index (χ0n) is 8.34. The quantitative estimate of drug-likeness (QED) is 0.648. The molecule has 2 nitrogen and oxygen atoms in total. The van der Waals surface area contributed by atoms with Crippen LogP contribution in [0.5, 0.6) is 0 Å². The third kappa shape index (κ3) is 1.07. The van der Waals surface area contributed by atoms with Crippen LogP contribution in [0.3, 0.4) is 0 Å². The second-order valence-electron chi connectivity index (χ2n) is 4.46. The Balaban J connectivity index is 2.03. The highest BCUT2D eigenvalue weighted by molar-refractivity contribution is 5.60. The molecule has 1 unspecified atom stereocenters. The molecule has 1 saturated heterocycles. The molecule has 74 valence electrons. The van der Waals surface area contributed by atoms with Crippen LogP contribution in [0.15, 0.2) is 24.3 Å². The lowest BCUT2D eigenvalue weighted by Crippen LogP contribution is -2.44. The molecule has 1 fully saturated rings. The van der Waals surface area contributed by atoms with Crippen molar-refractivity contribution in [3.63, 3.8) is 0 Å². The molecule has 2 N–H and O–H groups in total. The Kier molecular flexibility index (Phi) is 1.77. The van der Waals surface area contributed by atoms with Crippen molar-refractivity contribution in [3.05, 3.63) is 29.8 Å². The molecule has 0 aliphatic carbocycles. The minimum absolute atomic E-state index is 0.384. The zero-order valence-corrected chi connectivity index (χ0v) is 8.34. The van der Waals surface area contributed by atoms with E-state index in [4.69, 9.17) is 0 Å². The Labute approximate surface area is 84.7 Å².